The first-order valence-electron chi connectivity index (χ1n) is 27.8. The monoisotopic (exact) mass is 887 g/mol. The van der Waals surface area contributed by atoms with E-state index in [2.05, 4.69) is 76.8 Å². The van der Waals surface area contributed by atoms with Gasteiger partial charge in [0.1, 0.15) is 23.0 Å². The summed E-state index contributed by atoms with van der Waals surface area (Å²) in [6, 6.07) is 10.7. The van der Waals surface area contributed by atoms with Crippen LogP contribution in [0.1, 0.15) is 276 Å². The summed E-state index contributed by atoms with van der Waals surface area (Å²) in [7, 11) is 0. The van der Waals surface area contributed by atoms with Gasteiger partial charge in [0.2, 0.25) is 0 Å². The minimum Gasteiger partial charge on any atom is -0.494 e. The van der Waals surface area contributed by atoms with Crippen LogP contribution in [0.2, 0.25) is 0 Å². The number of rotatable bonds is 47. The van der Waals surface area contributed by atoms with Crippen LogP contribution in [-0.2, 0) is 0 Å². The molecule has 0 saturated carbocycles. The fraction of sp³-hybridized carbons (Fsp3) is 0.733. The molecule has 0 atom stereocenters. The molecule has 0 radical (unpaired) electrons. The van der Waals surface area contributed by atoms with E-state index in [1.807, 2.05) is 6.08 Å². The molecule has 0 amide bonds. The van der Waals surface area contributed by atoms with Crippen molar-refractivity contribution in [2.45, 2.75) is 259 Å². The van der Waals surface area contributed by atoms with Crippen molar-refractivity contribution >= 4 is 18.2 Å². The maximum Gasteiger partial charge on any atom is 0.127 e. The standard InChI is InChI=1S/C60H102O4/c1-6-11-15-19-23-27-29-33-37-41-49-63-59-53-56(60(52-54(59)10-5)64-50-42-38-34-30-28-24-20-16-12-7-2)44-43-55-51-57(61-47-39-35-31-25-21-17-13-8-3)45-46-58(55)62-48-40-36-32-26-22-18-14-9-4/h10,43-46,51-53H,5-9,11-42,47-50H2,1-4H3/b44-43+. The largest absolute Gasteiger partial charge is 0.494 e. The van der Waals surface area contributed by atoms with E-state index in [0.717, 1.165) is 78.6 Å². The molecular weight excluding hydrogens is 785 g/mol. The van der Waals surface area contributed by atoms with Gasteiger partial charge in [-0.15, -0.1) is 0 Å². The Balaban J connectivity index is 2.17. The lowest BCUT2D eigenvalue weighted by Crippen LogP contribution is -2.03. The van der Waals surface area contributed by atoms with Gasteiger partial charge in [0.25, 0.3) is 0 Å². The molecule has 0 aromatic heterocycles. The molecule has 4 nitrogen and oxygen atoms in total. The Hall–Kier alpha value is -2.88. The number of unbranched alkanes of at least 4 members (excludes halogenated alkanes) is 32. The summed E-state index contributed by atoms with van der Waals surface area (Å²) >= 11 is 0. The van der Waals surface area contributed by atoms with E-state index in [4.69, 9.17) is 18.9 Å². The normalized spacial score (nSPS) is 11.4. The van der Waals surface area contributed by atoms with Crippen LogP contribution in [0.3, 0.4) is 0 Å². The maximum absolute atomic E-state index is 6.60. The zero-order chi connectivity index (χ0) is 45.8. The van der Waals surface area contributed by atoms with Gasteiger partial charge in [-0.1, -0.05) is 258 Å². The van der Waals surface area contributed by atoms with E-state index in [1.165, 1.54) is 205 Å². The molecule has 2 aromatic rings. The second-order valence-electron chi connectivity index (χ2n) is 18.9. The predicted molar refractivity (Wildman–Crippen MR) is 283 cm³/mol. The van der Waals surface area contributed by atoms with Crippen molar-refractivity contribution in [1.82, 2.24) is 0 Å². The molecule has 0 N–H and O–H groups in total. The van der Waals surface area contributed by atoms with E-state index in [-0.39, 0.29) is 0 Å². The van der Waals surface area contributed by atoms with E-state index >= 15 is 0 Å². The molecule has 0 aliphatic carbocycles. The summed E-state index contributed by atoms with van der Waals surface area (Å²) in [6.45, 7) is 16.2. The quantitative estimate of drug-likeness (QED) is 0.0490. The summed E-state index contributed by atoms with van der Waals surface area (Å²) in [5.41, 5.74) is 3.05. The number of hydrogen-bond acceptors (Lipinski definition) is 4. The number of benzene rings is 2. The highest BCUT2D eigenvalue weighted by Gasteiger charge is 2.12. The molecular formula is C60H102O4. The summed E-state index contributed by atoms with van der Waals surface area (Å²) in [5, 5.41) is 0. The van der Waals surface area contributed by atoms with Gasteiger partial charge in [0.15, 0.2) is 0 Å². The number of hydrogen-bond donors (Lipinski definition) is 0. The minimum atomic E-state index is 0.710. The van der Waals surface area contributed by atoms with Crippen LogP contribution in [0, 0.1) is 0 Å². The molecule has 366 valence electrons. The van der Waals surface area contributed by atoms with Crippen molar-refractivity contribution in [1.29, 1.82) is 0 Å². The van der Waals surface area contributed by atoms with Crippen LogP contribution in [0.4, 0.5) is 0 Å². The zero-order valence-corrected chi connectivity index (χ0v) is 42.7. The molecule has 2 aromatic carbocycles. The van der Waals surface area contributed by atoms with Crippen LogP contribution in [0.15, 0.2) is 36.9 Å². The Morgan fingerprint density at radius 3 is 0.953 bits per heavy atom. The molecule has 2 rings (SSSR count). The smallest absolute Gasteiger partial charge is 0.127 e. The van der Waals surface area contributed by atoms with Crippen LogP contribution in [0.5, 0.6) is 23.0 Å². The highest BCUT2D eigenvalue weighted by atomic mass is 16.5. The fourth-order valence-electron chi connectivity index (χ4n) is 8.58. The van der Waals surface area contributed by atoms with Gasteiger partial charge in [-0.25, -0.2) is 0 Å². The lowest BCUT2D eigenvalue weighted by molar-refractivity contribution is 0.295. The summed E-state index contributed by atoms with van der Waals surface area (Å²) in [6.07, 6.45) is 53.2. The minimum absolute atomic E-state index is 0.710. The van der Waals surface area contributed by atoms with Gasteiger partial charge in [-0.3, -0.25) is 0 Å². The van der Waals surface area contributed by atoms with Gasteiger partial charge in [0.05, 0.1) is 26.4 Å². The first kappa shape index (κ1) is 57.2. The summed E-state index contributed by atoms with van der Waals surface area (Å²) in [5.74, 6) is 3.58. The molecule has 0 saturated heterocycles. The second-order valence-corrected chi connectivity index (χ2v) is 18.9. The molecule has 0 heterocycles. The van der Waals surface area contributed by atoms with Gasteiger partial charge in [-0.2, -0.15) is 0 Å². The summed E-state index contributed by atoms with van der Waals surface area (Å²) in [4.78, 5) is 0. The second kappa shape index (κ2) is 42.7. The third-order valence-corrected chi connectivity index (χ3v) is 12.8. The zero-order valence-electron chi connectivity index (χ0n) is 42.7. The Labute approximate surface area is 397 Å². The Bertz CT molecular complexity index is 1380. The lowest BCUT2D eigenvalue weighted by Gasteiger charge is -2.16. The van der Waals surface area contributed by atoms with Crippen molar-refractivity contribution in [3.8, 4) is 23.0 Å². The van der Waals surface area contributed by atoms with Crippen molar-refractivity contribution < 1.29 is 18.9 Å². The van der Waals surface area contributed by atoms with Crippen molar-refractivity contribution in [2.75, 3.05) is 26.4 Å². The topological polar surface area (TPSA) is 36.9 Å². The molecule has 0 fully saturated rings. The van der Waals surface area contributed by atoms with Crippen molar-refractivity contribution in [3.63, 3.8) is 0 Å². The van der Waals surface area contributed by atoms with Crippen LogP contribution < -0.4 is 18.9 Å². The highest BCUT2D eigenvalue weighted by molar-refractivity contribution is 5.78. The van der Waals surface area contributed by atoms with Crippen LogP contribution >= 0.6 is 0 Å². The van der Waals surface area contributed by atoms with E-state index in [0.29, 0.717) is 13.2 Å². The Morgan fingerprint density at radius 2 is 0.594 bits per heavy atom. The van der Waals surface area contributed by atoms with E-state index in [1.54, 1.807) is 0 Å². The van der Waals surface area contributed by atoms with Crippen LogP contribution in [0.25, 0.3) is 18.2 Å². The average molecular weight is 887 g/mol. The van der Waals surface area contributed by atoms with Crippen molar-refractivity contribution in [3.05, 3.63) is 53.6 Å². The molecule has 0 spiro atoms. The number of ether oxygens (including phenoxy) is 4. The average Bonchev–Trinajstić information content (AvgIpc) is 3.31. The summed E-state index contributed by atoms with van der Waals surface area (Å²) < 4.78 is 26.0. The lowest BCUT2D eigenvalue weighted by atomic mass is 10.1. The first-order valence-corrected chi connectivity index (χ1v) is 27.8. The van der Waals surface area contributed by atoms with Gasteiger partial charge < -0.3 is 18.9 Å². The molecule has 0 bridgehead atoms. The fourth-order valence-corrected chi connectivity index (χ4v) is 8.58. The van der Waals surface area contributed by atoms with E-state index in [9.17, 15) is 0 Å². The molecule has 0 aliphatic heterocycles. The SMILES string of the molecule is C=Cc1cc(OCCCCCCCCCCCC)c(/C=C/c2cc(OCCCCCCCCCC)ccc2OCCCCCCCCCC)cc1OCCCCCCCCCCCC. The van der Waals surface area contributed by atoms with E-state index < -0.39 is 0 Å². The molecule has 0 unspecified atom stereocenters. The van der Waals surface area contributed by atoms with Crippen molar-refractivity contribution in [2.24, 2.45) is 0 Å². The van der Waals surface area contributed by atoms with Gasteiger partial charge in [-0.05, 0) is 56.0 Å². The van der Waals surface area contributed by atoms with Gasteiger partial charge >= 0.3 is 0 Å². The third-order valence-electron chi connectivity index (χ3n) is 12.8. The molecule has 4 heteroatoms. The van der Waals surface area contributed by atoms with Crippen LogP contribution in [-0.4, -0.2) is 26.4 Å². The predicted octanol–water partition coefficient (Wildman–Crippen LogP) is 20.1. The maximum atomic E-state index is 6.60. The Morgan fingerprint density at radius 1 is 0.312 bits per heavy atom. The Kier molecular flexibility index (Phi) is 38.2. The molecule has 0 aliphatic rings. The first-order chi connectivity index (χ1) is 31.7. The highest BCUT2D eigenvalue weighted by Crippen LogP contribution is 2.34. The van der Waals surface area contributed by atoms with Gasteiger partial charge in [0, 0.05) is 16.7 Å². The third kappa shape index (κ3) is 30.3. The molecule has 64 heavy (non-hydrogen) atoms.